The van der Waals surface area contributed by atoms with E-state index < -0.39 is 0 Å². The van der Waals surface area contributed by atoms with Crippen LogP contribution in [0.4, 0.5) is 0 Å². The Labute approximate surface area is 99.4 Å². The van der Waals surface area contributed by atoms with Crippen LogP contribution in [-0.2, 0) is 5.88 Å². The first kappa shape index (κ1) is 9.84. The molecule has 0 nitrogen and oxygen atoms in total. The topological polar surface area (TPSA) is 0 Å². The molecule has 1 aromatic carbocycles. The van der Waals surface area contributed by atoms with Crippen LogP contribution in [0.5, 0.6) is 0 Å². The van der Waals surface area contributed by atoms with Crippen LogP contribution in [0.1, 0.15) is 5.56 Å². The molecule has 1 heterocycles. The highest BCUT2D eigenvalue weighted by atomic mass is 79.9. The smallest absolute Gasteiger partial charge is 0.0711 e. The summed E-state index contributed by atoms with van der Waals surface area (Å²) in [4.78, 5) is 1.00. The molecule has 0 amide bonds. The molecule has 0 saturated heterocycles. The van der Waals surface area contributed by atoms with Gasteiger partial charge in [-0.3, -0.25) is 0 Å². The van der Waals surface area contributed by atoms with E-state index in [1.54, 1.807) is 11.3 Å². The minimum Gasteiger partial charge on any atom is -0.142 e. The zero-order valence-corrected chi connectivity index (χ0v) is 10.6. The van der Waals surface area contributed by atoms with Crippen molar-refractivity contribution in [3.05, 3.63) is 27.5 Å². The van der Waals surface area contributed by atoms with E-state index in [0.717, 1.165) is 14.2 Å². The van der Waals surface area contributed by atoms with Gasteiger partial charge in [-0.25, -0.2) is 0 Å². The highest BCUT2D eigenvalue weighted by Crippen LogP contribution is 2.35. The second kappa shape index (κ2) is 3.81. The maximum atomic E-state index is 5.76. The fourth-order valence-electron chi connectivity index (χ4n) is 1.24. The molecule has 0 fully saturated rings. The Bertz CT molecular complexity index is 450. The largest absolute Gasteiger partial charge is 0.142 e. The summed E-state index contributed by atoms with van der Waals surface area (Å²) < 4.78 is 2.34. The van der Waals surface area contributed by atoms with Crippen molar-refractivity contribution < 1.29 is 0 Å². The molecular formula is C9H6BrClS2. The van der Waals surface area contributed by atoms with Crippen LogP contribution in [0.25, 0.3) is 10.1 Å². The van der Waals surface area contributed by atoms with Crippen molar-refractivity contribution in [1.29, 1.82) is 0 Å². The molecule has 4 heteroatoms. The van der Waals surface area contributed by atoms with Crippen LogP contribution < -0.4 is 0 Å². The third kappa shape index (κ3) is 1.89. The van der Waals surface area contributed by atoms with Gasteiger partial charge in [-0.05, 0) is 45.1 Å². The Morgan fingerprint density at radius 1 is 1.38 bits per heavy atom. The zero-order chi connectivity index (χ0) is 9.42. The summed E-state index contributed by atoms with van der Waals surface area (Å²) in [6.45, 7) is 0. The van der Waals surface area contributed by atoms with Gasteiger partial charge in [-0.1, -0.05) is 0 Å². The summed E-state index contributed by atoms with van der Waals surface area (Å²) in [5, 5.41) is 1.21. The molecule has 0 saturated carbocycles. The molecule has 2 aromatic rings. The Morgan fingerprint density at radius 2 is 2.15 bits per heavy atom. The van der Waals surface area contributed by atoms with Gasteiger partial charge in [0.25, 0.3) is 0 Å². The number of thiol groups is 1. The average molecular weight is 294 g/mol. The number of benzene rings is 1. The molecule has 13 heavy (non-hydrogen) atoms. The third-order valence-corrected chi connectivity index (χ3v) is 4.28. The predicted octanol–water partition coefficient (Wildman–Crippen LogP) is 4.69. The van der Waals surface area contributed by atoms with Crippen molar-refractivity contribution in [3.63, 3.8) is 0 Å². The first-order chi connectivity index (χ1) is 6.20. The van der Waals surface area contributed by atoms with Gasteiger partial charge < -0.3 is 0 Å². The number of hydrogen-bond acceptors (Lipinski definition) is 2. The van der Waals surface area contributed by atoms with Crippen molar-refractivity contribution in [2.45, 2.75) is 10.8 Å². The van der Waals surface area contributed by atoms with Crippen molar-refractivity contribution in [2.24, 2.45) is 0 Å². The highest BCUT2D eigenvalue weighted by Gasteiger charge is 2.04. The van der Waals surface area contributed by atoms with E-state index >= 15 is 0 Å². The molecule has 68 valence electrons. The lowest BCUT2D eigenvalue weighted by Crippen LogP contribution is -1.77. The first-order valence-electron chi connectivity index (χ1n) is 3.67. The average Bonchev–Trinajstić information content (AvgIpc) is 2.46. The monoisotopic (exact) mass is 292 g/mol. The van der Waals surface area contributed by atoms with E-state index in [-0.39, 0.29) is 0 Å². The van der Waals surface area contributed by atoms with Crippen LogP contribution in [0.3, 0.4) is 0 Å². The predicted molar refractivity (Wildman–Crippen MR) is 66.3 cm³/mol. The minimum atomic E-state index is 0.539. The molecule has 0 radical (unpaired) electrons. The summed E-state index contributed by atoms with van der Waals surface area (Å²) >= 11 is 15.3. The van der Waals surface area contributed by atoms with E-state index in [1.807, 2.05) is 6.07 Å². The normalized spacial score (nSPS) is 11.0. The van der Waals surface area contributed by atoms with E-state index in [1.165, 1.54) is 10.1 Å². The Kier molecular flexibility index (Phi) is 2.88. The molecule has 0 spiro atoms. The minimum absolute atomic E-state index is 0.539. The van der Waals surface area contributed by atoms with Crippen molar-refractivity contribution >= 4 is 61.6 Å². The Hall–Kier alpha value is 0.300. The van der Waals surface area contributed by atoms with Crippen molar-refractivity contribution in [3.8, 4) is 0 Å². The van der Waals surface area contributed by atoms with Crippen LogP contribution in [0, 0.1) is 0 Å². The zero-order valence-electron chi connectivity index (χ0n) is 6.55. The summed E-state index contributed by atoms with van der Waals surface area (Å²) in [6, 6.07) is 6.21. The molecule has 0 unspecified atom stereocenters. The van der Waals surface area contributed by atoms with Crippen LogP contribution in [-0.4, -0.2) is 0 Å². The standard InChI is InChI=1S/C9H6BrClS2/c10-8-3-6-1-5(4-11)2-7(12)9(6)13-8/h1-3,12H,4H2. The van der Waals surface area contributed by atoms with Gasteiger partial charge >= 0.3 is 0 Å². The van der Waals surface area contributed by atoms with E-state index in [0.29, 0.717) is 5.88 Å². The number of halogens is 2. The fraction of sp³-hybridized carbons (Fsp3) is 0.111. The van der Waals surface area contributed by atoms with Crippen LogP contribution in [0.2, 0.25) is 0 Å². The first-order valence-corrected chi connectivity index (χ1v) is 6.26. The molecular weight excluding hydrogens is 288 g/mol. The second-order valence-corrected chi connectivity index (χ2v) is 5.90. The van der Waals surface area contributed by atoms with E-state index in [9.17, 15) is 0 Å². The molecule has 0 aliphatic rings. The quantitative estimate of drug-likeness (QED) is 0.572. The highest BCUT2D eigenvalue weighted by molar-refractivity contribution is 9.11. The van der Waals surface area contributed by atoms with Crippen LogP contribution >= 0.6 is 51.5 Å². The molecule has 0 aliphatic carbocycles. The molecule has 0 atom stereocenters. The van der Waals surface area contributed by atoms with Gasteiger partial charge in [0.15, 0.2) is 0 Å². The Balaban J connectivity index is 2.75. The maximum absolute atomic E-state index is 5.76. The Morgan fingerprint density at radius 3 is 2.85 bits per heavy atom. The second-order valence-electron chi connectivity index (χ2n) is 2.72. The van der Waals surface area contributed by atoms with Gasteiger partial charge in [0.2, 0.25) is 0 Å². The lowest BCUT2D eigenvalue weighted by atomic mass is 10.2. The molecule has 1 aromatic heterocycles. The number of rotatable bonds is 1. The van der Waals surface area contributed by atoms with Gasteiger partial charge in [-0.2, -0.15) is 0 Å². The summed E-state index contributed by atoms with van der Waals surface area (Å²) in [6.07, 6.45) is 0. The van der Waals surface area contributed by atoms with Crippen molar-refractivity contribution in [1.82, 2.24) is 0 Å². The van der Waals surface area contributed by atoms with Gasteiger partial charge in [0.1, 0.15) is 0 Å². The van der Waals surface area contributed by atoms with Gasteiger partial charge in [0, 0.05) is 15.5 Å². The number of fused-ring (bicyclic) bond motifs is 1. The number of alkyl halides is 1. The lowest BCUT2D eigenvalue weighted by molar-refractivity contribution is 1.38. The fourth-order valence-corrected chi connectivity index (χ4v) is 3.34. The summed E-state index contributed by atoms with van der Waals surface area (Å²) in [7, 11) is 0. The molecule has 2 rings (SSSR count). The van der Waals surface area contributed by atoms with Gasteiger partial charge in [0.05, 0.1) is 3.79 Å². The molecule has 0 N–H and O–H groups in total. The number of thiophene rings is 1. The van der Waals surface area contributed by atoms with E-state index in [2.05, 4.69) is 40.7 Å². The summed E-state index contributed by atoms with van der Waals surface area (Å²) in [5.74, 6) is 0.539. The van der Waals surface area contributed by atoms with Gasteiger partial charge in [-0.15, -0.1) is 35.6 Å². The number of hydrogen-bond donors (Lipinski definition) is 1. The van der Waals surface area contributed by atoms with E-state index in [4.69, 9.17) is 11.6 Å². The van der Waals surface area contributed by atoms with Crippen molar-refractivity contribution in [2.75, 3.05) is 0 Å². The molecule has 0 aliphatic heterocycles. The van der Waals surface area contributed by atoms with Crippen LogP contribution in [0.15, 0.2) is 26.9 Å². The maximum Gasteiger partial charge on any atom is 0.0711 e. The SMILES string of the molecule is Sc1cc(CCl)cc2cc(Br)sc12. The summed E-state index contributed by atoms with van der Waals surface area (Å²) in [5.41, 5.74) is 1.12. The molecule has 0 bridgehead atoms. The lowest BCUT2D eigenvalue weighted by Gasteiger charge is -1.98. The third-order valence-electron chi connectivity index (χ3n) is 1.78.